The highest BCUT2D eigenvalue weighted by molar-refractivity contribution is 9.11. The van der Waals surface area contributed by atoms with Crippen LogP contribution >= 0.6 is 31.9 Å². The molecule has 0 aromatic heterocycles. The van der Waals surface area contributed by atoms with Crippen LogP contribution in [0.5, 0.6) is 0 Å². The van der Waals surface area contributed by atoms with Gasteiger partial charge in [0, 0.05) is 15.5 Å². The zero-order valence-electron chi connectivity index (χ0n) is 10.0. The van der Waals surface area contributed by atoms with Gasteiger partial charge < -0.3 is 0 Å². The lowest BCUT2D eigenvalue weighted by atomic mass is 10.1. The molecule has 1 aliphatic heterocycles. The van der Waals surface area contributed by atoms with Crippen molar-refractivity contribution in [1.29, 1.82) is 5.26 Å². The van der Waals surface area contributed by atoms with Crippen LogP contribution in [0, 0.1) is 11.3 Å². The molecule has 0 aliphatic carbocycles. The third-order valence-corrected chi connectivity index (χ3v) is 6.48. The second-order valence-corrected chi connectivity index (χ2v) is 7.96. The number of hydrogen-bond donors (Lipinski definition) is 0. The first kappa shape index (κ1) is 15.0. The fourth-order valence-electron chi connectivity index (χ4n) is 2.12. The Hall–Kier alpha value is -0.420. The molecule has 4 nitrogen and oxygen atoms in total. The molecule has 2 rings (SSSR count). The van der Waals surface area contributed by atoms with Gasteiger partial charge in [-0.1, -0.05) is 15.9 Å². The van der Waals surface area contributed by atoms with Gasteiger partial charge in [0.05, 0.1) is 11.0 Å². The Morgan fingerprint density at radius 1 is 1.32 bits per heavy atom. The topological polar surface area (TPSA) is 61.2 Å². The van der Waals surface area contributed by atoms with Gasteiger partial charge in [-0.3, -0.25) is 0 Å². The summed E-state index contributed by atoms with van der Waals surface area (Å²) in [6, 6.07) is 6.52. The monoisotopic (exact) mass is 406 g/mol. The van der Waals surface area contributed by atoms with Crippen LogP contribution in [0.2, 0.25) is 0 Å². The van der Waals surface area contributed by atoms with E-state index in [9.17, 15) is 8.42 Å². The number of sulfonamides is 1. The molecule has 19 heavy (non-hydrogen) atoms. The van der Waals surface area contributed by atoms with Crippen molar-refractivity contribution in [3.8, 4) is 6.07 Å². The average molecular weight is 408 g/mol. The van der Waals surface area contributed by atoms with Crippen molar-refractivity contribution in [2.75, 3.05) is 6.54 Å². The molecule has 102 valence electrons. The molecule has 1 aromatic carbocycles. The van der Waals surface area contributed by atoms with Crippen LogP contribution in [-0.4, -0.2) is 25.3 Å². The van der Waals surface area contributed by atoms with E-state index in [1.165, 1.54) is 4.31 Å². The van der Waals surface area contributed by atoms with E-state index in [1.807, 2.05) is 0 Å². The van der Waals surface area contributed by atoms with Gasteiger partial charge in [-0.25, -0.2) is 8.42 Å². The molecular formula is C12H12Br2N2O2S. The maximum Gasteiger partial charge on any atom is 0.245 e. The molecule has 1 unspecified atom stereocenters. The molecule has 1 saturated heterocycles. The number of nitriles is 1. The molecule has 0 bridgehead atoms. The van der Waals surface area contributed by atoms with Crippen LogP contribution in [0.25, 0.3) is 0 Å². The number of piperidine rings is 1. The third kappa shape index (κ3) is 3.02. The van der Waals surface area contributed by atoms with Crippen molar-refractivity contribution >= 4 is 41.9 Å². The molecular weight excluding hydrogens is 396 g/mol. The van der Waals surface area contributed by atoms with Gasteiger partial charge in [-0.15, -0.1) is 0 Å². The SMILES string of the molecule is N#CC1CCCCN1S(=O)(=O)c1cc(Br)ccc1Br. The van der Waals surface area contributed by atoms with Crippen molar-refractivity contribution in [1.82, 2.24) is 4.31 Å². The maximum atomic E-state index is 12.7. The van der Waals surface area contributed by atoms with Gasteiger partial charge >= 0.3 is 0 Å². The van der Waals surface area contributed by atoms with Crippen molar-refractivity contribution < 1.29 is 8.42 Å². The van der Waals surface area contributed by atoms with Gasteiger partial charge in [0.1, 0.15) is 6.04 Å². The van der Waals surface area contributed by atoms with E-state index in [2.05, 4.69) is 37.9 Å². The molecule has 1 fully saturated rings. The summed E-state index contributed by atoms with van der Waals surface area (Å²) >= 11 is 6.54. The standard InChI is InChI=1S/C12H12Br2N2O2S/c13-9-4-5-11(14)12(7-9)19(17,18)16-6-2-1-3-10(16)8-15/h4-5,7,10H,1-3,6H2. The van der Waals surface area contributed by atoms with E-state index in [-0.39, 0.29) is 4.90 Å². The van der Waals surface area contributed by atoms with Gasteiger partial charge in [0.2, 0.25) is 10.0 Å². The Morgan fingerprint density at radius 3 is 2.74 bits per heavy atom. The molecule has 0 amide bonds. The lowest BCUT2D eigenvalue weighted by Gasteiger charge is -2.30. The smallest absolute Gasteiger partial charge is 0.207 e. The summed E-state index contributed by atoms with van der Waals surface area (Å²) in [4.78, 5) is 0.198. The highest BCUT2D eigenvalue weighted by Gasteiger charge is 2.34. The van der Waals surface area contributed by atoms with Crippen molar-refractivity contribution in [2.45, 2.75) is 30.2 Å². The van der Waals surface area contributed by atoms with Crippen LogP contribution in [0.1, 0.15) is 19.3 Å². The molecule has 0 radical (unpaired) electrons. The van der Waals surface area contributed by atoms with Gasteiger partial charge in [0.25, 0.3) is 0 Å². The van der Waals surface area contributed by atoms with Crippen LogP contribution in [0.15, 0.2) is 32.0 Å². The number of benzene rings is 1. The first-order chi connectivity index (χ1) is 8.96. The first-order valence-corrected chi connectivity index (χ1v) is 8.86. The molecule has 0 saturated carbocycles. The largest absolute Gasteiger partial charge is 0.245 e. The molecule has 1 heterocycles. The summed E-state index contributed by atoms with van der Waals surface area (Å²) in [5.74, 6) is 0. The summed E-state index contributed by atoms with van der Waals surface area (Å²) in [7, 11) is -3.64. The summed E-state index contributed by atoms with van der Waals surface area (Å²) in [6.45, 7) is 0.402. The summed E-state index contributed by atoms with van der Waals surface area (Å²) < 4.78 is 27.8. The van der Waals surface area contributed by atoms with Gasteiger partial charge in [-0.2, -0.15) is 9.57 Å². The molecule has 7 heteroatoms. The number of hydrogen-bond acceptors (Lipinski definition) is 3. The Morgan fingerprint density at radius 2 is 2.05 bits per heavy atom. The van der Waals surface area contributed by atoms with E-state index in [4.69, 9.17) is 5.26 Å². The fourth-order valence-corrected chi connectivity index (χ4v) is 5.20. The van der Waals surface area contributed by atoms with E-state index < -0.39 is 16.1 Å². The summed E-state index contributed by atoms with van der Waals surface area (Å²) in [5.41, 5.74) is 0. The van der Waals surface area contributed by atoms with Crippen LogP contribution in [0.4, 0.5) is 0 Å². The quantitative estimate of drug-likeness (QED) is 0.755. The van der Waals surface area contributed by atoms with Crippen LogP contribution in [0.3, 0.4) is 0 Å². The highest BCUT2D eigenvalue weighted by Crippen LogP contribution is 2.31. The van der Waals surface area contributed by atoms with Crippen molar-refractivity contribution in [2.24, 2.45) is 0 Å². The second-order valence-electron chi connectivity index (χ2n) is 4.33. The highest BCUT2D eigenvalue weighted by atomic mass is 79.9. The zero-order chi connectivity index (χ0) is 14.0. The second kappa shape index (κ2) is 5.92. The number of halogens is 2. The molecule has 1 atom stereocenters. The van der Waals surface area contributed by atoms with E-state index in [0.717, 1.165) is 12.8 Å². The van der Waals surface area contributed by atoms with E-state index >= 15 is 0 Å². The van der Waals surface area contributed by atoms with Crippen molar-refractivity contribution in [3.63, 3.8) is 0 Å². The maximum absolute atomic E-state index is 12.7. The van der Waals surface area contributed by atoms with Gasteiger partial charge in [0.15, 0.2) is 0 Å². The number of rotatable bonds is 2. The Balaban J connectivity index is 2.47. The molecule has 1 aliphatic rings. The Labute approximate surface area is 129 Å². The lowest BCUT2D eigenvalue weighted by molar-refractivity contribution is 0.297. The van der Waals surface area contributed by atoms with Crippen LogP contribution < -0.4 is 0 Å². The Kier molecular flexibility index (Phi) is 4.66. The minimum Gasteiger partial charge on any atom is -0.207 e. The Bertz CT molecular complexity index is 625. The van der Waals surface area contributed by atoms with Gasteiger partial charge in [-0.05, 0) is 53.4 Å². The fraction of sp³-hybridized carbons (Fsp3) is 0.417. The minimum absolute atomic E-state index is 0.198. The molecule has 0 spiro atoms. The summed E-state index contributed by atoms with van der Waals surface area (Å²) in [5, 5.41) is 9.12. The number of nitrogens with zero attached hydrogens (tertiary/aromatic N) is 2. The summed E-state index contributed by atoms with van der Waals surface area (Å²) in [6.07, 6.45) is 2.29. The van der Waals surface area contributed by atoms with E-state index in [0.29, 0.717) is 21.9 Å². The average Bonchev–Trinajstić information content (AvgIpc) is 2.41. The molecule has 0 N–H and O–H groups in total. The van der Waals surface area contributed by atoms with Crippen LogP contribution in [-0.2, 0) is 10.0 Å². The minimum atomic E-state index is -3.64. The zero-order valence-corrected chi connectivity index (χ0v) is 14.0. The third-order valence-electron chi connectivity index (χ3n) is 3.08. The van der Waals surface area contributed by atoms with Crippen molar-refractivity contribution in [3.05, 3.63) is 27.1 Å². The lowest BCUT2D eigenvalue weighted by Crippen LogP contribution is -2.42. The normalized spacial score (nSPS) is 21.0. The predicted octanol–water partition coefficient (Wildman–Crippen LogP) is 3.28. The molecule has 1 aromatic rings. The predicted molar refractivity (Wildman–Crippen MR) is 79.0 cm³/mol. The first-order valence-electron chi connectivity index (χ1n) is 5.83. The van der Waals surface area contributed by atoms with E-state index in [1.54, 1.807) is 18.2 Å².